The molecule has 0 fully saturated rings. The van der Waals surface area contributed by atoms with Crippen LogP contribution in [0.2, 0.25) is 5.15 Å². The summed E-state index contributed by atoms with van der Waals surface area (Å²) in [7, 11) is 0. The Morgan fingerprint density at radius 1 is 1.43 bits per heavy atom. The van der Waals surface area contributed by atoms with Crippen LogP contribution >= 0.6 is 11.6 Å². The minimum atomic E-state index is -1.73. The van der Waals surface area contributed by atoms with Crippen LogP contribution in [0.4, 0.5) is 5.69 Å². The van der Waals surface area contributed by atoms with Crippen molar-refractivity contribution in [1.82, 2.24) is 10.3 Å². The van der Waals surface area contributed by atoms with Crippen molar-refractivity contribution < 1.29 is 29.5 Å². The number of aromatic nitrogens is 1. The van der Waals surface area contributed by atoms with Gasteiger partial charge in [-0.1, -0.05) is 11.6 Å². The summed E-state index contributed by atoms with van der Waals surface area (Å²) in [5.74, 6) is -4.18. The highest BCUT2D eigenvalue weighted by Crippen LogP contribution is 2.20. The Kier molecular flexibility index (Phi) is 5.13. The molecule has 1 amide bonds. The summed E-state index contributed by atoms with van der Waals surface area (Å²) in [6.45, 7) is 0. The Bertz CT molecular complexity index is 619. The number of carbonyl (C=O) groups excluding carboxylic acids is 1. The van der Waals surface area contributed by atoms with E-state index in [0.717, 1.165) is 12.3 Å². The lowest BCUT2D eigenvalue weighted by molar-refractivity contribution is -0.385. The van der Waals surface area contributed by atoms with Gasteiger partial charge < -0.3 is 15.5 Å². The highest BCUT2D eigenvalue weighted by Gasteiger charge is 2.27. The van der Waals surface area contributed by atoms with E-state index < -0.39 is 46.5 Å². The van der Waals surface area contributed by atoms with E-state index >= 15 is 0 Å². The van der Waals surface area contributed by atoms with Gasteiger partial charge in [0.2, 0.25) is 0 Å². The highest BCUT2D eigenvalue weighted by atomic mass is 35.5. The molecule has 10 nitrogen and oxygen atoms in total. The molecule has 3 N–H and O–H groups in total. The van der Waals surface area contributed by atoms with Crippen LogP contribution in [0.5, 0.6) is 0 Å². The standard InChI is InChI=1S/C10H8ClN3O7/c11-7-1-4(6(3-12-7)14(20)21)9(17)13-5(10(18)19)2-8(15)16/h1,3,5H,2H2,(H,13,17)(H,15,16)(H,18,19)/t5-/m0/s1. The SMILES string of the molecule is O=C(O)C[C@H](NC(=O)c1cc(Cl)ncc1[N+](=O)[O-])C(=O)O. The maximum atomic E-state index is 11.9. The molecule has 0 aliphatic carbocycles. The van der Waals surface area contributed by atoms with Gasteiger partial charge >= 0.3 is 11.9 Å². The van der Waals surface area contributed by atoms with Crippen molar-refractivity contribution in [2.45, 2.75) is 12.5 Å². The number of hydrogen-bond acceptors (Lipinski definition) is 6. The molecule has 0 aliphatic heterocycles. The number of nitrogens with one attached hydrogen (secondary N) is 1. The number of amides is 1. The summed E-state index contributed by atoms with van der Waals surface area (Å²) in [6.07, 6.45) is -0.141. The normalized spacial score (nSPS) is 11.5. The van der Waals surface area contributed by atoms with Gasteiger partial charge in [-0.2, -0.15) is 0 Å². The van der Waals surface area contributed by atoms with E-state index in [1.54, 1.807) is 0 Å². The number of nitrogens with zero attached hydrogens (tertiary/aromatic N) is 2. The first-order valence-electron chi connectivity index (χ1n) is 5.27. The Morgan fingerprint density at radius 3 is 2.52 bits per heavy atom. The average Bonchev–Trinajstić information content (AvgIpc) is 2.36. The lowest BCUT2D eigenvalue weighted by atomic mass is 10.1. The molecule has 0 unspecified atom stereocenters. The van der Waals surface area contributed by atoms with Gasteiger partial charge in [-0.05, 0) is 6.07 Å². The lowest BCUT2D eigenvalue weighted by Gasteiger charge is -2.12. The van der Waals surface area contributed by atoms with E-state index in [1.807, 2.05) is 5.32 Å². The predicted octanol–water partition coefficient (Wildman–Crippen LogP) is 0.301. The van der Waals surface area contributed by atoms with Crippen molar-refractivity contribution >= 4 is 35.1 Å². The van der Waals surface area contributed by atoms with Crippen LogP contribution in [0.1, 0.15) is 16.8 Å². The molecule has 0 spiro atoms. The molecule has 0 radical (unpaired) electrons. The van der Waals surface area contributed by atoms with Crippen molar-refractivity contribution in [2.24, 2.45) is 0 Å². The zero-order valence-corrected chi connectivity index (χ0v) is 10.9. The molecular formula is C10H8ClN3O7. The third kappa shape index (κ3) is 4.38. The third-order valence-electron chi connectivity index (χ3n) is 2.27. The molecule has 1 heterocycles. The second-order valence-corrected chi connectivity index (χ2v) is 4.13. The summed E-state index contributed by atoms with van der Waals surface area (Å²) in [5, 5.41) is 29.8. The topological polar surface area (TPSA) is 160 Å². The quantitative estimate of drug-likeness (QED) is 0.383. The van der Waals surface area contributed by atoms with Gasteiger partial charge in [0, 0.05) is 0 Å². The Labute approximate surface area is 121 Å². The summed E-state index contributed by atoms with van der Waals surface area (Å²) in [4.78, 5) is 46.5. The molecule has 1 rings (SSSR count). The van der Waals surface area contributed by atoms with E-state index in [2.05, 4.69) is 4.98 Å². The molecule has 11 heteroatoms. The van der Waals surface area contributed by atoms with Gasteiger partial charge in [0.25, 0.3) is 11.6 Å². The average molecular weight is 318 g/mol. The monoisotopic (exact) mass is 317 g/mol. The molecular weight excluding hydrogens is 310 g/mol. The molecule has 1 aromatic rings. The van der Waals surface area contributed by atoms with Crippen LogP contribution in [-0.2, 0) is 9.59 Å². The molecule has 112 valence electrons. The number of carboxylic acid groups (broad SMARTS) is 2. The fourth-order valence-electron chi connectivity index (χ4n) is 1.36. The lowest BCUT2D eigenvalue weighted by Crippen LogP contribution is -2.42. The van der Waals surface area contributed by atoms with Crippen LogP contribution in [0.15, 0.2) is 12.3 Å². The van der Waals surface area contributed by atoms with Gasteiger partial charge in [-0.15, -0.1) is 0 Å². The molecule has 0 bridgehead atoms. The number of carbonyl (C=O) groups is 3. The van der Waals surface area contributed by atoms with Crippen molar-refractivity contribution in [3.05, 3.63) is 33.1 Å². The number of halogens is 1. The Balaban J connectivity index is 3.07. The van der Waals surface area contributed by atoms with E-state index in [1.165, 1.54) is 0 Å². The van der Waals surface area contributed by atoms with E-state index in [-0.39, 0.29) is 5.15 Å². The first-order valence-corrected chi connectivity index (χ1v) is 5.65. The number of rotatable bonds is 6. The minimum absolute atomic E-state index is 0.212. The molecule has 0 saturated carbocycles. The molecule has 21 heavy (non-hydrogen) atoms. The van der Waals surface area contributed by atoms with E-state index in [4.69, 9.17) is 21.8 Å². The van der Waals surface area contributed by atoms with Crippen LogP contribution in [0.3, 0.4) is 0 Å². The maximum absolute atomic E-state index is 11.9. The maximum Gasteiger partial charge on any atom is 0.326 e. The van der Waals surface area contributed by atoms with Crippen LogP contribution in [-0.4, -0.2) is 44.0 Å². The fraction of sp³-hybridized carbons (Fsp3) is 0.200. The van der Waals surface area contributed by atoms with Gasteiger partial charge in [0.15, 0.2) is 0 Å². The zero-order chi connectivity index (χ0) is 16.2. The van der Waals surface area contributed by atoms with E-state index in [9.17, 15) is 24.5 Å². The molecule has 0 saturated heterocycles. The Morgan fingerprint density at radius 2 is 2.05 bits per heavy atom. The van der Waals surface area contributed by atoms with Gasteiger partial charge in [0.1, 0.15) is 23.0 Å². The summed E-state index contributed by atoms with van der Waals surface area (Å²) in [5.41, 5.74) is -1.20. The van der Waals surface area contributed by atoms with Crippen LogP contribution < -0.4 is 5.32 Å². The molecule has 1 atom stereocenters. The molecule has 0 aliphatic rings. The number of hydrogen-bond donors (Lipinski definition) is 3. The third-order valence-corrected chi connectivity index (χ3v) is 2.48. The molecule has 0 aromatic carbocycles. The van der Waals surface area contributed by atoms with Crippen molar-refractivity contribution in [3.8, 4) is 0 Å². The summed E-state index contributed by atoms with van der Waals surface area (Å²) >= 11 is 5.52. The zero-order valence-electron chi connectivity index (χ0n) is 10.1. The van der Waals surface area contributed by atoms with Crippen molar-refractivity contribution in [1.29, 1.82) is 0 Å². The number of nitro groups is 1. The van der Waals surface area contributed by atoms with Gasteiger partial charge in [0.05, 0.1) is 11.3 Å². The smallest absolute Gasteiger partial charge is 0.326 e. The van der Waals surface area contributed by atoms with E-state index in [0.29, 0.717) is 0 Å². The van der Waals surface area contributed by atoms with Crippen molar-refractivity contribution in [3.63, 3.8) is 0 Å². The van der Waals surface area contributed by atoms with Gasteiger partial charge in [-0.25, -0.2) is 9.78 Å². The summed E-state index contributed by atoms with van der Waals surface area (Å²) < 4.78 is 0. The van der Waals surface area contributed by atoms with Crippen LogP contribution in [0.25, 0.3) is 0 Å². The Hall–Kier alpha value is -2.75. The van der Waals surface area contributed by atoms with Crippen molar-refractivity contribution in [2.75, 3.05) is 0 Å². The predicted molar refractivity (Wildman–Crippen MR) is 67.0 cm³/mol. The van der Waals surface area contributed by atoms with Crippen LogP contribution in [0, 0.1) is 10.1 Å². The number of pyridine rings is 1. The highest BCUT2D eigenvalue weighted by molar-refractivity contribution is 6.29. The second-order valence-electron chi connectivity index (χ2n) is 3.74. The number of carboxylic acids is 2. The first-order chi connectivity index (χ1) is 9.72. The summed E-state index contributed by atoms with van der Waals surface area (Å²) in [6, 6.07) is -0.851. The van der Waals surface area contributed by atoms with Gasteiger partial charge in [-0.3, -0.25) is 19.7 Å². The molecule has 1 aromatic heterocycles. The minimum Gasteiger partial charge on any atom is -0.481 e. The largest absolute Gasteiger partial charge is 0.481 e. The fourth-order valence-corrected chi connectivity index (χ4v) is 1.52. The first kappa shape index (κ1) is 16.3. The number of aliphatic carboxylic acids is 2. The second kappa shape index (κ2) is 6.61.